The predicted octanol–water partition coefficient (Wildman–Crippen LogP) is 1.50. The standard InChI is InChI=1S/C10H13BrN2O2S2/c1-13(17(14,15)7-10(12)16)6-8-2-4-9(11)5-3-8/h2-5H,6-7H2,1H3,(H2,12,16). The average molecular weight is 337 g/mol. The molecule has 17 heavy (non-hydrogen) atoms. The smallest absolute Gasteiger partial charge is 0.220 e. The van der Waals surface area contributed by atoms with Crippen molar-refractivity contribution in [2.75, 3.05) is 12.8 Å². The first-order valence-corrected chi connectivity index (χ1v) is 7.59. The summed E-state index contributed by atoms with van der Waals surface area (Å²) in [5.74, 6) is -0.296. The molecule has 0 aliphatic rings. The first kappa shape index (κ1) is 14.6. The number of hydrogen-bond donors (Lipinski definition) is 1. The van der Waals surface area contributed by atoms with E-state index in [0.29, 0.717) is 6.54 Å². The third-order valence-electron chi connectivity index (χ3n) is 2.12. The van der Waals surface area contributed by atoms with E-state index >= 15 is 0 Å². The van der Waals surface area contributed by atoms with Gasteiger partial charge in [-0.05, 0) is 17.7 Å². The average Bonchev–Trinajstić information content (AvgIpc) is 2.19. The Labute approximate surface area is 115 Å². The van der Waals surface area contributed by atoms with Gasteiger partial charge in [0, 0.05) is 18.1 Å². The van der Waals surface area contributed by atoms with E-state index in [1.54, 1.807) is 0 Å². The quantitative estimate of drug-likeness (QED) is 0.827. The molecule has 2 N–H and O–H groups in total. The molecular weight excluding hydrogens is 324 g/mol. The third kappa shape index (κ3) is 4.71. The highest BCUT2D eigenvalue weighted by atomic mass is 79.9. The lowest BCUT2D eigenvalue weighted by molar-refractivity contribution is 0.470. The Hall–Kier alpha value is -0.500. The largest absolute Gasteiger partial charge is 0.392 e. The molecule has 0 aromatic heterocycles. The van der Waals surface area contributed by atoms with Gasteiger partial charge in [0.25, 0.3) is 0 Å². The summed E-state index contributed by atoms with van der Waals surface area (Å²) in [6.07, 6.45) is 0. The van der Waals surface area contributed by atoms with Gasteiger partial charge in [-0.1, -0.05) is 40.3 Å². The lowest BCUT2D eigenvalue weighted by atomic mass is 10.2. The molecule has 0 aliphatic carbocycles. The van der Waals surface area contributed by atoms with Crippen LogP contribution in [-0.2, 0) is 16.6 Å². The molecule has 4 nitrogen and oxygen atoms in total. The molecule has 0 spiro atoms. The van der Waals surface area contributed by atoms with E-state index in [1.807, 2.05) is 24.3 Å². The van der Waals surface area contributed by atoms with Gasteiger partial charge in [0.1, 0.15) is 5.75 Å². The summed E-state index contributed by atoms with van der Waals surface area (Å²) in [6, 6.07) is 7.44. The zero-order chi connectivity index (χ0) is 13.1. The summed E-state index contributed by atoms with van der Waals surface area (Å²) in [5, 5.41) is 0. The maximum Gasteiger partial charge on any atom is 0.220 e. The van der Waals surface area contributed by atoms with Crippen LogP contribution >= 0.6 is 28.1 Å². The first-order chi connectivity index (χ1) is 7.81. The Balaban J connectivity index is 2.75. The maximum atomic E-state index is 11.8. The topological polar surface area (TPSA) is 63.4 Å². The first-order valence-electron chi connectivity index (χ1n) is 4.78. The number of benzene rings is 1. The minimum absolute atomic E-state index is 0.0207. The van der Waals surface area contributed by atoms with Gasteiger partial charge in [-0.2, -0.15) is 0 Å². The van der Waals surface area contributed by atoms with E-state index in [0.717, 1.165) is 10.0 Å². The monoisotopic (exact) mass is 336 g/mol. The zero-order valence-electron chi connectivity index (χ0n) is 9.26. The van der Waals surface area contributed by atoms with Crippen molar-refractivity contribution >= 4 is 43.2 Å². The van der Waals surface area contributed by atoms with Crippen molar-refractivity contribution in [3.63, 3.8) is 0 Å². The Morgan fingerprint density at radius 1 is 1.41 bits per heavy atom. The second kappa shape index (κ2) is 5.90. The summed E-state index contributed by atoms with van der Waals surface area (Å²) in [6.45, 7) is 0.304. The number of thiocarbonyl (C=S) groups is 1. The van der Waals surface area contributed by atoms with Crippen molar-refractivity contribution in [1.82, 2.24) is 4.31 Å². The van der Waals surface area contributed by atoms with E-state index < -0.39 is 10.0 Å². The highest BCUT2D eigenvalue weighted by Crippen LogP contribution is 2.13. The van der Waals surface area contributed by atoms with Crippen LogP contribution in [0.3, 0.4) is 0 Å². The third-order valence-corrected chi connectivity index (χ3v) is 4.73. The molecular formula is C10H13BrN2O2S2. The van der Waals surface area contributed by atoms with Crippen molar-refractivity contribution < 1.29 is 8.42 Å². The molecule has 0 heterocycles. The predicted molar refractivity (Wildman–Crippen MR) is 76.2 cm³/mol. The van der Waals surface area contributed by atoms with E-state index in [2.05, 4.69) is 28.1 Å². The molecule has 0 saturated carbocycles. The van der Waals surface area contributed by atoms with Crippen LogP contribution < -0.4 is 5.73 Å². The fourth-order valence-corrected chi connectivity index (χ4v) is 2.87. The summed E-state index contributed by atoms with van der Waals surface area (Å²) < 4.78 is 25.7. The van der Waals surface area contributed by atoms with Crippen LogP contribution in [0.2, 0.25) is 0 Å². The van der Waals surface area contributed by atoms with Crippen LogP contribution in [0.1, 0.15) is 5.56 Å². The molecule has 1 aromatic rings. The summed E-state index contributed by atoms with van der Waals surface area (Å²) in [4.78, 5) is -0.0207. The molecule has 1 aromatic carbocycles. The van der Waals surface area contributed by atoms with Crippen LogP contribution in [0, 0.1) is 0 Å². The van der Waals surface area contributed by atoms with Crippen LogP contribution in [0.25, 0.3) is 0 Å². The molecule has 0 saturated heterocycles. The van der Waals surface area contributed by atoms with Crippen molar-refractivity contribution in [3.8, 4) is 0 Å². The van der Waals surface area contributed by atoms with Gasteiger partial charge in [-0.15, -0.1) is 0 Å². The Morgan fingerprint density at radius 3 is 2.41 bits per heavy atom. The lowest BCUT2D eigenvalue weighted by Crippen LogP contribution is -2.33. The number of nitrogens with zero attached hydrogens (tertiary/aromatic N) is 1. The summed E-state index contributed by atoms with van der Waals surface area (Å²) >= 11 is 7.93. The molecule has 0 aliphatic heterocycles. The molecule has 0 amide bonds. The molecule has 94 valence electrons. The molecule has 1 rings (SSSR count). The van der Waals surface area contributed by atoms with Gasteiger partial charge in [0.2, 0.25) is 10.0 Å². The number of hydrogen-bond acceptors (Lipinski definition) is 3. The van der Waals surface area contributed by atoms with E-state index in [9.17, 15) is 8.42 Å². The second-order valence-corrected chi connectivity index (χ2v) is 7.12. The number of rotatable bonds is 5. The van der Waals surface area contributed by atoms with Crippen LogP contribution in [0.5, 0.6) is 0 Å². The molecule has 0 fully saturated rings. The normalized spacial score (nSPS) is 11.7. The summed E-state index contributed by atoms with van der Waals surface area (Å²) in [7, 11) is -1.90. The molecule has 0 bridgehead atoms. The van der Waals surface area contributed by atoms with Gasteiger partial charge >= 0.3 is 0 Å². The van der Waals surface area contributed by atoms with Gasteiger partial charge < -0.3 is 5.73 Å². The highest BCUT2D eigenvalue weighted by Gasteiger charge is 2.18. The molecule has 0 radical (unpaired) electrons. The summed E-state index contributed by atoms with van der Waals surface area (Å²) in [5.41, 5.74) is 6.15. The molecule has 0 atom stereocenters. The van der Waals surface area contributed by atoms with E-state index in [4.69, 9.17) is 5.73 Å². The Bertz CT molecular complexity index is 500. The molecule has 7 heteroatoms. The van der Waals surface area contributed by atoms with Crippen molar-refractivity contribution in [3.05, 3.63) is 34.3 Å². The van der Waals surface area contributed by atoms with E-state index in [1.165, 1.54) is 11.4 Å². The molecule has 0 unspecified atom stereocenters. The fourth-order valence-electron chi connectivity index (χ4n) is 1.24. The van der Waals surface area contributed by atoms with E-state index in [-0.39, 0.29) is 10.7 Å². The van der Waals surface area contributed by atoms with Gasteiger partial charge in [0.15, 0.2) is 0 Å². The maximum absolute atomic E-state index is 11.8. The van der Waals surface area contributed by atoms with Crippen LogP contribution in [0.15, 0.2) is 28.7 Å². The van der Waals surface area contributed by atoms with Crippen LogP contribution in [0.4, 0.5) is 0 Å². The van der Waals surface area contributed by atoms with Crippen molar-refractivity contribution in [2.24, 2.45) is 5.73 Å². The van der Waals surface area contributed by atoms with Gasteiger partial charge in [-0.25, -0.2) is 12.7 Å². The Kier molecular flexibility index (Phi) is 5.05. The van der Waals surface area contributed by atoms with Crippen LogP contribution in [-0.4, -0.2) is 30.5 Å². The van der Waals surface area contributed by atoms with Crippen molar-refractivity contribution in [2.45, 2.75) is 6.54 Å². The minimum atomic E-state index is -3.41. The van der Waals surface area contributed by atoms with Crippen molar-refractivity contribution in [1.29, 1.82) is 0 Å². The minimum Gasteiger partial charge on any atom is -0.392 e. The van der Waals surface area contributed by atoms with Gasteiger partial charge in [-0.3, -0.25) is 0 Å². The lowest BCUT2D eigenvalue weighted by Gasteiger charge is -2.16. The number of sulfonamides is 1. The zero-order valence-corrected chi connectivity index (χ0v) is 12.5. The number of nitrogens with two attached hydrogens (primary N) is 1. The highest BCUT2D eigenvalue weighted by molar-refractivity contribution is 9.10. The SMILES string of the molecule is CN(Cc1ccc(Br)cc1)S(=O)(=O)CC(N)=S. The Morgan fingerprint density at radius 2 is 1.94 bits per heavy atom. The fraction of sp³-hybridized carbons (Fsp3) is 0.300. The van der Waals surface area contributed by atoms with Gasteiger partial charge in [0.05, 0.1) is 4.99 Å². The second-order valence-electron chi connectivity index (χ2n) is 3.61. The number of halogens is 1.